The normalized spacial score (nSPS) is 20.6. The number of hydrogen-bond donors (Lipinski definition) is 2. The maximum atomic E-state index is 13.0. The number of ether oxygens (including phenoxy) is 1. The summed E-state index contributed by atoms with van der Waals surface area (Å²) in [6.07, 6.45) is -1.04. The largest absolute Gasteiger partial charge is 0.497 e. The fourth-order valence-corrected chi connectivity index (χ4v) is 3.34. The molecular weight excluding hydrogens is 350 g/mol. The quantitative estimate of drug-likeness (QED) is 0.802. The minimum atomic E-state index is -1.83. The number of rotatable bonds is 3. The highest BCUT2D eigenvalue weighted by Crippen LogP contribution is 2.47. The highest BCUT2D eigenvalue weighted by molar-refractivity contribution is 6.36. The van der Waals surface area contributed by atoms with Crippen molar-refractivity contribution in [3.63, 3.8) is 0 Å². The van der Waals surface area contributed by atoms with Gasteiger partial charge in [0.25, 0.3) is 11.8 Å². The molecule has 136 valence electrons. The lowest BCUT2D eigenvalue weighted by atomic mass is 9.71. The molecule has 0 aromatic heterocycles. The summed E-state index contributed by atoms with van der Waals surface area (Å²) in [5, 5.41) is 8.40. The lowest BCUT2D eigenvalue weighted by molar-refractivity contribution is -0.146. The molecule has 8 nitrogen and oxygen atoms in total. The summed E-state index contributed by atoms with van der Waals surface area (Å²) in [5.41, 5.74) is -0.589. The Labute approximate surface area is 154 Å². The van der Waals surface area contributed by atoms with E-state index in [1.807, 2.05) is 0 Å². The van der Waals surface area contributed by atoms with Crippen LogP contribution in [0.1, 0.15) is 17.2 Å². The average Bonchev–Trinajstić information content (AvgIpc) is 3.08. The fourth-order valence-electron chi connectivity index (χ4n) is 3.34. The summed E-state index contributed by atoms with van der Waals surface area (Å²) in [6, 6.07) is 14.6. The number of methoxy groups -OCH3 is 1. The summed E-state index contributed by atoms with van der Waals surface area (Å²) >= 11 is 0. The molecule has 8 heteroatoms. The van der Waals surface area contributed by atoms with Crippen LogP contribution >= 0.6 is 0 Å². The Balaban J connectivity index is 1.86. The van der Waals surface area contributed by atoms with E-state index >= 15 is 0 Å². The molecule has 4 amide bonds. The van der Waals surface area contributed by atoms with E-state index in [-0.39, 0.29) is 5.71 Å². The SMILES string of the molecule is COc1ccc(C2ON=C(c3ccccc3)C23C(=O)NC(=O)NC3=O)cc1. The third kappa shape index (κ3) is 2.45. The number of urea groups is 1. The van der Waals surface area contributed by atoms with Gasteiger partial charge in [0, 0.05) is 5.56 Å². The van der Waals surface area contributed by atoms with E-state index < -0.39 is 29.4 Å². The van der Waals surface area contributed by atoms with Crippen LogP contribution in [0, 0.1) is 5.41 Å². The van der Waals surface area contributed by atoms with Crippen LogP contribution in [0.3, 0.4) is 0 Å². The van der Waals surface area contributed by atoms with Gasteiger partial charge in [-0.3, -0.25) is 20.2 Å². The van der Waals surface area contributed by atoms with Crippen LogP contribution < -0.4 is 15.4 Å². The Bertz CT molecular complexity index is 933. The van der Waals surface area contributed by atoms with Gasteiger partial charge in [0.2, 0.25) is 5.41 Å². The van der Waals surface area contributed by atoms with Crippen molar-refractivity contribution in [3.8, 4) is 5.75 Å². The van der Waals surface area contributed by atoms with Crippen molar-refractivity contribution in [2.75, 3.05) is 7.11 Å². The van der Waals surface area contributed by atoms with Gasteiger partial charge in [-0.15, -0.1) is 0 Å². The number of carbonyl (C=O) groups excluding carboxylic acids is 3. The minimum Gasteiger partial charge on any atom is -0.497 e. The van der Waals surface area contributed by atoms with E-state index in [1.165, 1.54) is 7.11 Å². The molecule has 2 heterocycles. The average molecular weight is 365 g/mol. The van der Waals surface area contributed by atoms with Crippen molar-refractivity contribution >= 4 is 23.6 Å². The molecule has 2 N–H and O–H groups in total. The topological polar surface area (TPSA) is 106 Å². The standard InChI is InChI=1S/C19H15N3O5/c1-26-13-9-7-12(8-10-13)15-19(16(23)20-18(25)21-17(19)24)14(22-27-15)11-5-3-2-4-6-11/h2-10,15H,1H3,(H2,20,21,23,24,25). The van der Waals surface area contributed by atoms with Gasteiger partial charge in [0.15, 0.2) is 6.10 Å². The molecule has 0 saturated carbocycles. The third-order valence-electron chi connectivity index (χ3n) is 4.65. The number of imide groups is 2. The van der Waals surface area contributed by atoms with Crippen molar-refractivity contribution < 1.29 is 24.0 Å². The molecule has 1 fully saturated rings. The molecule has 1 spiro atoms. The van der Waals surface area contributed by atoms with Crippen LogP contribution in [0.5, 0.6) is 5.75 Å². The molecule has 0 bridgehead atoms. The highest BCUT2D eigenvalue weighted by atomic mass is 16.6. The number of benzene rings is 2. The molecule has 27 heavy (non-hydrogen) atoms. The van der Waals surface area contributed by atoms with Gasteiger partial charge < -0.3 is 9.57 Å². The van der Waals surface area contributed by atoms with Crippen LogP contribution in [-0.2, 0) is 14.4 Å². The Kier molecular flexibility index (Phi) is 3.88. The maximum absolute atomic E-state index is 13.0. The summed E-state index contributed by atoms with van der Waals surface area (Å²) in [7, 11) is 1.53. The van der Waals surface area contributed by atoms with E-state index in [0.29, 0.717) is 16.9 Å². The maximum Gasteiger partial charge on any atom is 0.328 e. The van der Waals surface area contributed by atoms with E-state index in [1.54, 1.807) is 54.6 Å². The summed E-state index contributed by atoms with van der Waals surface area (Å²) in [4.78, 5) is 43.1. The lowest BCUT2D eigenvalue weighted by Crippen LogP contribution is -2.66. The number of hydrogen-bond acceptors (Lipinski definition) is 6. The van der Waals surface area contributed by atoms with Crippen molar-refractivity contribution in [1.29, 1.82) is 0 Å². The number of amides is 4. The molecule has 1 saturated heterocycles. The van der Waals surface area contributed by atoms with Crippen molar-refractivity contribution in [1.82, 2.24) is 10.6 Å². The van der Waals surface area contributed by atoms with Gasteiger partial charge in [-0.25, -0.2) is 4.79 Å². The Morgan fingerprint density at radius 2 is 1.59 bits per heavy atom. The van der Waals surface area contributed by atoms with Gasteiger partial charge >= 0.3 is 6.03 Å². The second-order valence-electron chi connectivity index (χ2n) is 6.11. The van der Waals surface area contributed by atoms with E-state index in [9.17, 15) is 14.4 Å². The predicted molar refractivity (Wildman–Crippen MR) is 93.9 cm³/mol. The van der Waals surface area contributed by atoms with Gasteiger partial charge in [0.1, 0.15) is 11.5 Å². The summed E-state index contributed by atoms with van der Waals surface area (Å²) < 4.78 is 5.14. The van der Waals surface area contributed by atoms with Crippen LogP contribution in [-0.4, -0.2) is 30.7 Å². The molecule has 2 aliphatic rings. The fraction of sp³-hybridized carbons (Fsp3) is 0.158. The van der Waals surface area contributed by atoms with Crippen molar-refractivity contribution in [2.24, 2.45) is 10.6 Å². The zero-order valence-electron chi connectivity index (χ0n) is 14.3. The molecule has 2 aromatic carbocycles. The first-order valence-electron chi connectivity index (χ1n) is 8.18. The van der Waals surface area contributed by atoms with Crippen molar-refractivity contribution in [3.05, 3.63) is 65.7 Å². The van der Waals surface area contributed by atoms with Crippen LogP contribution in [0.2, 0.25) is 0 Å². The number of nitrogens with one attached hydrogen (secondary N) is 2. The predicted octanol–water partition coefficient (Wildman–Crippen LogP) is 1.52. The summed E-state index contributed by atoms with van der Waals surface area (Å²) in [5.74, 6) is -0.947. The number of barbiturate groups is 1. The van der Waals surface area contributed by atoms with E-state index in [4.69, 9.17) is 9.57 Å². The molecule has 2 aromatic rings. The molecule has 2 aliphatic heterocycles. The second kappa shape index (κ2) is 6.24. The highest BCUT2D eigenvalue weighted by Gasteiger charge is 2.65. The third-order valence-corrected chi connectivity index (χ3v) is 4.65. The van der Waals surface area contributed by atoms with Crippen molar-refractivity contribution in [2.45, 2.75) is 6.10 Å². The number of nitrogens with zero attached hydrogens (tertiary/aromatic N) is 1. The van der Waals surface area contributed by atoms with E-state index in [0.717, 1.165) is 0 Å². The Hall–Kier alpha value is -3.68. The second-order valence-corrected chi connectivity index (χ2v) is 6.11. The van der Waals surface area contributed by atoms with Gasteiger partial charge in [0.05, 0.1) is 7.11 Å². The first kappa shape index (κ1) is 16.8. The first-order valence-corrected chi connectivity index (χ1v) is 8.18. The zero-order chi connectivity index (χ0) is 19.0. The van der Waals surface area contributed by atoms with Gasteiger partial charge in [-0.1, -0.05) is 47.6 Å². The van der Waals surface area contributed by atoms with E-state index in [2.05, 4.69) is 15.8 Å². The van der Waals surface area contributed by atoms with Crippen LogP contribution in [0.25, 0.3) is 0 Å². The molecule has 1 unspecified atom stereocenters. The first-order chi connectivity index (χ1) is 13.1. The Morgan fingerprint density at radius 1 is 0.963 bits per heavy atom. The molecule has 1 atom stereocenters. The molecule has 4 rings (SSSR count). The lowest BCUT2D eigenvalue weighted by Gasteiger charge is -2.34. The molecular formula is C19H15N3O5. The van der Waals surface area contributed by atoms with Gasteiger partial charge in [-0.05, 0) is 17.7 Å². The summed E-state index contributed by atoms with van der Waals surface area (Å²) in [6.45, 7) is 0. The molecule has 0 radical (unpaired) electrons. The van der Waals surface area contributed by atoms with Crippen LogP contribution in [0.4, 0.5) is 4.79 Å². The molecule has 0 aliphatic carbocycles. The monoisotopic (exact) mass is 365 g/mol. The smallest absolute Gasteiger partial charge is 0.328 e. The zero-order valence-corrected chi connectivity index (χ0v) is 14.3. The number of carbonyl (C=O) groups is 3. The number of oxime groups is 1. The Morgan fingerprint density at radius 3 is 2.19 bits per heavy atom. The minimum absolute atomic E-state index is 0.145. The van der Waals surface area contributed by atoms with Gasteiger partial charge in [-0.2, -0.15) is 0 Å². The van der Waals surface area contributed by atoms with Crippen LogP contribution in [0.15, 0.2) is 59.8 Å².